The molecule has 0 bridgehead atoms. The second kappa shape index (κ2) is 6.20. The summed E-state index contributed by atoms with van der Waals surface area (Å²) in [5.41, 5.74) is 1.80. The van der Waals surface area contributed by atoms with Crippen LogP contribution < -0.4 is 0 Å². The molecular formula is C15H18ClN3OS. The van der Waals surface area contributed by atoms with Crippen molar-refractivity contribution in [3.63, 3.8) is 0 Å². The lowest BCUT2D eigenvalue weighted by Crippen LogP contribution is -2.36. The van der Waals surface area contributed by atoms with Gasteiger partial charge in [0.25, 0.3) is 0 Å². The maximum absolute atomic E-state index is 12.3. The number of nitrogens with one attached hydrogen (secondary N) is 1. The van der Waals surface area contributed by atoms with Gasteiger partial charge in [-0.2, -0.15) is 0 Å². The molecule has 1 aliphatic rings. The number of aromatic nitrogens is 2. The number of hydrogen-bond acceptors (Lipinski definition) is 2. The molecule has 0 aliphatic carbocycles. The number of aryl methyl sites for hydroxylation is 1. The van der Waals surface area contributed by atoms with E-state index < -0.39 is 0 Å². The van der Waals surface area contributed by atoms with Crippen molar-refractivity contribution < 1.29 is 4.79 Å². The van der Waals surface area contributed by atoms with Crippen LogP contribution in [0.3, 0.4) is 0 Å². The zero-order valence-corrected chi connectivity index (χ0v) is 13.3. The number of piperidine rings is 1. The average molecular weight is 324 g/mol. The molecule has 1 aromatic heterocycles. The molecule has 1 N–H and O–H groups in total. The Kier molecular flexibility index (Phi) is 4.31. The highest BCUT2D eigenvalue weighted by Gasteiger charge is 2.17. The number of benzene rings is 1. The highest BCUT2D eigenvalue weighted by Crippen LogP contribution is 2.23. The van der Waals surface area contributed by atoms with E-state index in [-0.39, 0.29) is 5.91 Å². The molecule has 4 nitrogen and oxygen atoms in total. The number of fused-ring (bicyclic) bond motifs is 1. The van der Waals surface area contributed by atoms with Crippen LogP contribution in [0.4, 0.5) is 0 Å². The van der Waals surface area contributed by atoms with Crippen molar-refractivity contribution in [3.8, 4) is 0 Å². The van der Waals surface area contributed by atoms with E-state index in [4.69, 9.17) is 23.8 Å². The Bertz CT molecular complexity index is 715. The number of hydrogen-bond donors (Lipinski definition) is 1. The number of H-pyrrole nitrogens is 1. The number of carbonyl (C=O) groups is 1. The summed E-state index contributed by atoms with van der Waals surface area (Å²) in [6.07, 6.45) is 3.92. The molecule has 0 saturated carbocycles. The largest absolute Gasteiger partial charge is 0.343 e. The lowest BCUT2D eigenvalue weighted by atomic mass is 10.1. The number of amides is 1. The van der Waals surface area contributed by atoms with Gasteiger partial charge in [-0.15, -0.1) is 0 Å². The zero-order valence-electron chi connectivity index (χ0n) is 11.8. The predicted molar refractivity (Wildman–Crippen MR) is 87.2 cm³/mol. The quantitative estimate of drug-likeness (QED) is 0.874. The van der Waals surface area contributed by atoms with E-state index in [9.17, 15) is 4.79 Å². The van der Waals surface area contributed by atoms with Gasteiger partial charge in [-0.05, 0) is 43.6 Å². The first-order chi connectivity index (χ1) is 10.2. The molecular weight excluding hydrogens is 306 g/mol. The SMILES string of the molecule is O=C(CCn1c(=S)[nH]c2cccc(Cl)c21)N1CCCCC1. The first kappa shape index (κ1) is 14.6. The monoisotopic (exact) mass is 323 g/mol. The van der Waals surface area contributed by atoms with Crippen LogP contribution in [0, 0.1) is 4.77 Å². The van der Waals surface area contributed by atoms with Crippen molar-refractivity contribution >= 4 is 40.8 Å². The van der Waals surface area contributed by atoms with Crippen LogP contribution in [0.2, 0.25) is 5.02 Å². The fourth-order valence-corrected chi connectivity index (χ4v) is 3.47. The molecule has 0 atom stereocenters. The molecule has 21 heavy (non-hydrogen) atoms. The van der Waals surface area contributed by atoms with Gasteiger partial charge < -0.3 is 14.5 Å². The Hall–Kier alpha value is -1.33. The van der Waals surface area contributed by atoms with Gasteiger partial charge in [0.15, 0.2) is 4.77 Å². The van der Waals surface area contributed by atoms with E-state index in [1.807, 2.05) is 27.7 Å². The van der Waals surface area contributed by atoms with Gasteiger partial charge in [0.2, 0.25) is 5.91 Å². The van der Waals surface area contributed by atoms with E-state index in [1.54, 1.807) is 0 Å². The second-order valence-corrected chi connectivity index (χ2v) is 6.20. The zero-order chi connectivity index (χ0) is 14.8. The standard InChI is InChI=1S/C15H18ClN3OS/c16-11-5-4-6-12-14(11)19(15(21)17-12)10-7-13(20)18-8-2-1-3-9-18/h4-6H,1-3,7-10H2,(H,17,21). The van der Waals surface area contributed by atoms with Crippen LogP contribution in [0.25, 0.3) is 11.0 Å². The molecule has 1 saturated heterocycles. The summed E-state index contributed by atoms with van der Waals surface area (Å²) in [6, 6.07) is 5.68. The summed E-state index contributed by atoms with van der Waals surface area (Å²) in [5.74, 6) is 0.206. The third-order valence-electron chi connectivity index (χ3n) is 4.00. The molecule has 0 unspecified atom stereocenters. The summed E-state index contributed by atoms with van der Waals surface area (Å²) in [5, 5.41) is 0.658. The normalized spacial score (nSPS) is 15.6. The molecule has 1 aromatic carbocycles. The van der Waals surface area contributed by atoms with E-state index in [0.29, 0.717) is 22.8 Å². The number of imidazole rings is 1. The van der Waals surface area contributed by atoms with Crippen LogP contribution in [0.1, 0.15) is 25.7 Å². The maximum Gasteiger partial charge on any atom is 0.224 e. The van der Waals surface area contributed by atoms with Gasteiger partial charge in [-0.1, -0.05) is 17.7 Å². The third kappa shape index (κ3) is 2.99. The highest BCUT2D eigenvalue weighted by molar-refractivity contribution is 7.71. The van der Waals surface area contributed by atoms with Crippen LogP contribution >= 0.6 is 23.8 Å². The van der Waals surface area contributed by atoms with E-state index in [1.165, 1.54) is 6.42 Å². The van der Waals surface area contributed by atoms with Crippen molar-refractivity contribution in [1.29, 1.82) is 0 Å². The van der Waals surface area contributed by atoms with Gasteiger partial charge in [0, 0.05) is 26.1 Å². The number of para-hydroxylation sites is 1. The minimum atomic E-state index is 0.206. The lowest BCUT2D eigenvalue weighted by Gasteiger charge is -2.26. The summed E-state index contributed by atoms with van der Waals surface area (Å²) in [4.78, 5) is 17.4. The summed E-state index contributed by atoms with van der Waals surface area (Å²) in [6.45, 7) is 2.34. The molecule has 1 fully saturated rings. The van der Waals surface area contributed by atoms with Gasteiger partial charge in [-0.25, -0.2) is 0 Å². The Balaban J connectivity index is 1.77. The Labute approximate surface area is 133 Å². The van der Waals surface area contributed by atoms with E-state index in [2.05, 4.69) is 4.98 Å². The van der Waals surface area contributed by atoms with Crippen molar-refractivity contribution in [2.24, 2.45) is 0 Å². The van der Waals surface area contributed by atoms with E-state index in [0.717, 1.165) is 37.0 Å². The summed E-state index contributed by atoms with van der Waals surface area (Å²) >= 11 is 11.6. The fourth-order valence-electron chi connectivity index (χ4n) is 2.90. The number of nitrogens with zero attached hydrogens (tertiary/aromatic N) is 2. The van der Waals surface area contributed by atoms with Gasteiger partial charge in [0.1, 0.15) is 0 Å². The van der Waals surface area contributed by atoms with Gasteiger partial charge in [-0.3, -0.25) is 4.79 Å². The molecule has 112 valence electrons. The number of aromatic amines is 1. The molecule has 2 heterocycles. The number of carbonyl (C=O) groups excluding carboxylic acids is 1. The summed E-state index contributed by atoms with van der Waals surface area (Å²) < 4.78 is 2.54. The average Bonchev–Trinajstić information content (AvgIpc) is 2.82. The Morgan fingerprint density at radius 3 is 2.81 bits per heavy atom. The van der Waals surface area contributed by atoms with Crippen LogP contribution in [0.15, 0.2) is 18.2 Å². The van der Waals surface area contributed by atoms with Crippen LogP contribution in [0.5, 0.6) is 0 Å². The topological polar surface area (TPSA) is 41.0 Å². The predicted octanol–water partition coefficient (Wildman–Crippen LogP) is 3.75. The molecule has 1 aliphatic heterocycles. The van der Waals surface area contributed by atoms with Gasteiger partial charge >= 0.3 is 0 Å². The lowest BCUT2D eigenvalue weighted by molar-refractivity contribution is -0.132. The fraction of sp³-hybridized carbons (Fsp3) is 0.467. The second-order valence-electron chi connectivity index (χ2n) is 5.41. The Morgan fingerprint density at radius 1 is 1.29 bits per heavy atom. The number of rotatable bonds is 3. The van der Waals surface area contributed by atoms with Crippen molar-refractivity contribution in [2.45, 2.75) is 32.2 Å². The molecule has 3 rings (SSSR count). The molecule has 0 spiro atoms. The molecule has 1 amide bonds. The van der Waals surface area contributed by atoms with Crippen LogP contribution in [-0.2, 0) is 11.3 Å². The number of likely N-dealkylation sites (tertiary alicyclic amines) is 1. The smallest absolute Gasteiger partial charge is 0.224 e. The molecule has 6 heteroatoms. The maximum atomic E-state index is 12.3. The number of halogens is 1. The first-order valence-corrected chi connectivity index (χ1v) is 8.10. The van der Waals surface area contributed by atoms with Crippen molar-refractivity contribution in [3.05, 3.63) is 28.0 Å². The van der Waals surface area contributed by atoms with Crippen LogP contribution in [-0.4, -0.2) is 33.4 Å². The van der Waals surface area contributed by atoms with Crippen molar-refractivity contribution in [2.75, 3.05) is 13.1 Å². The third-order valence-corrected chi connectivity index (χ3v) is 4.63. The van der Waals surface area contributed by atoms with Crippen molar-refractivity contribution in [1.82, 2.24) is 14.5 Å². The first-order valence-electron chi connectivity index (χ1n) is 7.31. The summed E-state index contributed by atoms with van der Waals surface area (Å²) in [7, 11) is 0. The molecule has 0 radical (unpaired) electrons. The van der Waals surface area contributed by atoms with Gasteiger partial charge in [0.05, 0.1) is 16.1 Å². The Morgan fingerprint density at radius 2 is 2.05 bits per heavy atom. The molecule has 2 aromatic rings. The highest BCUT2D eigenvalue weighted by atomic mass is 35.5. The minimum Gasteiger partial charge on any atom is -0.343 e. The van der Waals surface area contributed by atoms with E-state index >= 15 is 0 Å². The minimum absolute atomic E-state index is 0.206.